The standard InChI is InChI=1S/C16H19Cl2N3/c1-3-9-19-15-5-4-6-16(21-15)20-11(2)13-8-7-12(17)10-14(13)18/h4-8,10-11H,3,9H2,1-2H3,(H2,19,20,21). The fraction of sp³-hybridized carbons (Fsp3) is 0.312. The second-order valence-electron chi connectivity index (χ2n) is 4.87. The molecule has 1 aromatic carbocycles. The Morgan fingerprint density at radius 2 is 1.90 bits per heavy atom. The maximum absolute atomic E-state index is 6.23. The predicted molar refractivity (Wildman–Crippen MR) is 91.5 cm³/mol. The zero-order valence-electron chi connectivity index (χ0n) is 12.2. The van der Waals surface area contributed by atoms with Gasteiger partial charge in [-0.25, -0.2) is 4.98 Å². The largest absolute Gasteiger partial charge is 0.370 e. The lowest BCUT2D eigenvalue weighted by Crippen LogP contribution is -2.10. The average molecular weight is 324 g/mol. The molecule has 0 aliphatic heterocycles. The highest BCUT2D eigenvalue weighted by Crippen LogP contribution is 2.28. The third-order valence-electron chi connectivity index (χ3n) is 3.10. The maximum atomic E-state index is 6.23. The second kappa shape index (κ2) is 7.53. The number of halogens is 2. The minimum atomic E-state index is 0.0451. The van der Waals surface area contributed by atoms with Crippen LogP contribution in [-0.4, -0.2) is 11.5 Å². The molecule has 2 N–H and O–H groups in total. The van der Waals surface area contributed by atoms with E-state index in [9.17, 15) is 0 Å². The van der Waals surface area contributed by atoms with Gasteiger partial charge in [0.05, 0.1) is 6.04 Å². The molecule has 0 aliphatic rings. The Bertz CT molecular complexity index is 602. The van der Waals surface area contributed by atoms with E-state index in [0.29, 0.717) is 10.0 Å². The molecule has 0 amide bonds. The Balaban J connectivity index is 2.10. The zero-order valence-corrected chi connectivity index (χ0v) is 13.7. The molecule has 1 unspecified atom stereocenters. The summed E-state index contributed by atoms with van der Waals surface area (Å²) in [4.78, 5) is 4.53. The van der Waals surface area contributed by atoms with Crippen molar-refractivity contribution < 1.29 is 0 Å². The van der Waals surface area contributed by atoms with Gasteiger partial charge in [-0.2, -0.15) is 0 Å². The average Bonchev–Trinajstić information content (AvgIpc) is 2.45. The summed E-state index contributed by atoms with van der Waals surface area (Å²) >= 11 is 12.2. The highest BCUT2D eigenvalue weighted by Gasteiger charge is 2.10. The van der Waals surface area contributed by atoms with Gasteiger partial charge in [0.25, 0.3) is 0 Å². The summed E-state index contributed by atoms with van der Waals surface area (Å²) in [7, 11) is 0. The molecule has 3 nitrogen and oxygen atoms in total. The molecule has 2 rings (SSSR count). The minimum absolute atomic E-state index is 0.0451. The molecule has 0 saturated carbocycles. The number of nitrogens with zero attached hydrogens (tertiary/aromatic N) is 1. The zero-order chi connectivity index (χ0) is 15.2. The molecular weight excluding hydrogens is 305 g/mol. The van der Waals surface area contributed by atoms with Crippen molar-refractivity contribution >= 4 is 34.8 Å². The first-order chi connectivity index (χ1) is 10.1. The first-order valence-electron chi connectivity index (χ1n) is 7.02. The van der Waals surface area contributed by atoms with Crippen molar-refractivity contribution in [3.05, 3.63) is 52.0 Å². The fourth-order valence-electron chi connectivity index (χ4n) is 2.02. The number of rotatable bonds is 6. The van der Waals surface area contributed by atoms with Gasteiger partial charge in [0.2, 0.25) is 0 Å². The molecule has 112 valence electrons. The number of pyridine rings is 1. The number of hydrogen-bond donors (Lipinski definition) is 2. The van der Waals surface area contributed by atoms with Crippen molar-refractivity contribution in [1.82, 2.24) is 4.98 Å². The Labute approximate surface area is 135 Å². The van der Waals surface area contributed by atoms with E-state index < -0.39 is 0 Å². The lowest BCUT2D eigenvalue weighted by Gasteiger charge is -2.17. The van der Waals surface area contributed by atoms with Gasteiger partial charge < -0.3 is 10.6 Å². The quantitative estimate of drug-likeness (QED) is 0.748. The topological polar surface area (TPSA) is 37.0 Å². The SMILES string of the molecule is CCCNc1cccc(NC(C)c2ccc(Cl)cc2Cl)n1. The molecular formula is C16H19Cl2N3. The Kier molecular flexibility index (Phi) is 5.71. The number of benzene rings is 1. The van der Waals surface area contributed by atoms with Gasteiger partial charge in [-0.05, 0) is 43.2 Å². The molecule has 0 fully saturated rings. The van der Waals surface area contributed by atoms with Crippen molar-refractivity contribution in [1.29, 1.82) is 0 Å². The van der Waals surface area contributed by atoms with E-state index in [2.05, 4.69) is 22.5 Å². The molecule has 0 radical (unpaired) electrons. The van der Waals surface area contributed by atoms with Gasteiger partial charge >= 0.3 is 0 Å². The Hall–Kier alpha value is -1.45. The maximum Gasteiger partial charge on any atom is 0.128 e. The number of hydrogen-bond acceptors (Lipinski definition) is 3. The van der Waals surface area contributed by atoms with E-state index in [1.807, 2.05) is 37.3 Å². The van der Waals surface area contributed by atoms with E-state index in [1.165, 1.54) is 0 Å². The molecule has 2 aromatic rings. The normalized spacial score (nSPS) is 12.0. The van der Waals surface area contributed by atoms with E-state index in [-0.39, 0.29) is 6.04 Å². The molecule has 5 heteroatoms. The summed E-state index contributed by atoms with van der Waals surface area (Å²) in [5, 5.41) is 7.92. The minimum Gasteiger partial charge on any atom is -0.370 e. The van der Waals surface area contributed by atoms with Gasteiger partial charge in [-0.1, -0.05) is 42.3 Å². The van der Waals surface area contributed by atoms with E-state index >= 15 is 0 Å². The molecule has 1 heterocycles. The van der Waals surface area contributed by atoms with Crippen LogP contribution in [0.25, 0.3) is 0 Å². The third kappa shape index (κ3) is 4.51. The summed E-state index contributed by atoms with van der Waals surface area (Å²) in [6.45, 7) is 5.08. The van der Waals surface area contributed by atoms with Crippen LogP contribution >= 0.6 is 23.2 Å². The van der Waals surface area contributed by atoms with Crippen molar-refractivity contribution in [3.63, 3.8) is 0 Å². The van der Waals surface area contributed by atoms with Gasteiger partial charge in [0.1, 0.15) is 11.6 Å². The molecule has 0 spiro atoms. The van der Waals surface area contributed by atoms with Crippen molar-refractivity contribution in [2.24, 2.45) is 0 Å². The van der Waals surface area contributed by atoms with Gasteiger partial charge in [0.15, 0.2) is 0 Å². The van der Waals surface area contributed by atoms with E-state index in [0.717, 1.165) is 30.2 Å². The fourth-order valence-corrected chi connectivity index (χ4v) is 2.59. The van der Waals surface area contributed by atoms with E-state index in [4.69, 9.17) is 23.2 Å². The number of nitrogens with one attached hydrogen (secondary N) is 2. The molecule has 0 aliphatic carbocycles. The molecule has 1 aromatic heterocycles. The first kappa shape index (κ1) is 15.9. The number of anilines is 2. The summed E-state index contributed by atoms with van der Waals surface area (Å²) in [6, 6.07) is 11.4. The molecule has 0 bridgehead atoms. The predicted octanol–water partition coefficient (Wildman–Crippen LogP) is 5.38. The van der Waals surface area contributed by atoms with Crippen molar-refractivity contribution in [2.75, 3.05) is 17.2 Å². The summed E-state index contributed by atoms with van der Waals surface area (Å²) < 4.78 is 0. The van der Waals surface area contributed by atoms with Gasteiger partial charge in [0, 0.05) is 16.6 Å². The second-order valence-corrected chi connectivity index (χ2v) is 5.71. The van der Waals surface area contributed by atoms with Crippen LogP contribution in [0.2, 0.25) is 10.0 Å². The van der Waals surface area contributed by atoms with Crippen LogP contribution in [0, 0.1) is 0 Å². The van der Waals surface area contributed by atoms with Crippen LogP contribution in [0.15, 0.2) is 36.4 Å². The summed E-state index contributed by atoms with van der Waals surface area (Å²) in [6.07, 6.45) is 1.07. The van der Waals surface area contributed by atoms with Crippen molar-refractivity contribution in [3.8, 4) is 0 Å². The first-order valence-corrected chi connectivity index (χ1v) is 7.78. The summed E-state index contributed by atoms with van der Waals surface area (Å²) in [5.74, 6) is 1.69. The lowest BCUT2D eigenvalue weighted by molar-refractivity contribution is 0.874. The highest BCUT2D eigenvalue weighted by molar-refractivity contribution is 6.35. The highest BCUT2D eigenvalue weighted by atomic mass is 35.5. The smallest absolute Gasteiger partial charge is 0.128 e. The number of aromatic nitrogens is 1. The third-order valence-corrected chi connectivity index (χ3v) is 3.66. The van der Waals surface area contributed by atoms with Crippen LogP contribution in [0.3, 0.4) is 0 Å². The van der Waals surface area contributed by atoms with Crippen LogP contribution in [0.4, 0.5) is 11.6 Å². The Morgan fingerprint density at radius 3 is 2.62 bits per heavy atom. The molecule has 1 atom stereocenters. The van der Waals surface area contributed by atoms with Crippen LogP contribution in [-0.2, 0) is 0 Å². The van der Waals surface area contributed by atoms with Crippen molar-refractivity contribution in [2.45, 2.75) is 26.3 Å². The van der Waals surface area contributed by atoms with Gasteiger partial charge in [-0.15, -0.1) is 0 Å². The lowest BCUT2D eigenvalue weighted by atomic mass is 10.1. The Morgan fingerprint density at radius 1 is 1.14 bits per heavy atom. The van der Waals surface area contributed by atoms with Crippen LogP contribution < -0.4 is 10.6 Å². The molecule has 0 saturated heterocycles. The van der Waals surface area contributed by atoms with Crippen LogP contribution in [0.5, 0.6) is 0 Å². The van der Waals surface area contributed by atoms with Crippen LogP contribution in [0.1, 0.15) is 31.9 Å². The monoisotopic (exact) mass is 323 g/mol. The van der Waals surface area contributed by atoms with E-state index in [1.54, 1.807) is 6.07 Å². The summed E-state index contributed by atoms with van der Waals surface area (Å²) in [5.41, 5.74) is 0.995. The molecule has 21 heavy (non-hydrogen) atoms. The van der Waals surface area contributed by atoms with Gasteiger partial charge in [-0.3, -0.25) is 0 Å².